The molecule has 0 bridgehead atoms. The molecule has 1 aromatic carbocycles. The number of hydrogen-bond donors (Lipinski definition) is 1. The van der Waals surface area contributed by atoms with Gasteiger partial charge in [0.1, 0.15) is 18.2 Å². The molecule has 0 radical (unpaired) electrons. The molecular weight excluding hydrogens is 259 g/mol. The monoisotopic (exact) mass is 278 g/mol. The van der Waals surface area contributed by atoms with E-state index in [1.54, 1.807) is 12.1 Å². The smallest absolute Gasteiger partial charge is 0.142 e. The van der Waals surface area contributed by atoms with E-state index in [2.05, 4.69) is 11.8 Å². The summed E-state index contributed by atoms with van der Waals surface area (Å²) >= 11 is 0. The summed E-state index contributed by atoms with van der Waals surface area (Å²) in [6.45, 7) is 1.15. The molecular formula is C16H19FO3. The quantitative estimate of drug-likeness (QED) is 0.664. The van der Waals surface area contributed by atoms with Crippen molar-refractivity contribution in [3.05, 3.63) is 29.6 Å². The van der Waals surface area contributed by atoms with Crippen molar-refractivity contribution in [1.29, 1.82) is 0 Å². The Morgan fingerprint density at radius 3 is 3.05 bits per heavy atom. The van der Waals surface area contributed by atoms with Gasteiger partial charge in [-0.1, -0.05) is 11.8 Å². The molecule has 1 aromatic rings. The van der Waals surface area contributed by atoms with Crippen LogP contribution >= 0.6 is 0 Å². The van der Waals surface area contributed by atoms with Crippen LogP contribution in [0.25, 0.3) is 0 Å². The summed E-state index contributed by atoms with van der Waals surface area (Å²) in [6.07, 6.45) is 4.53. The highest BCUT2D eigenvalue weighted by Crippen LogP contribution is 2.19. The molecule has 3 nitrogen and oxygen atoms in total. The first-order valence-electron chi connectivity index (χ1n) is 6.93. The summed E-state index contributed by atoms with van der Waals surface area (Å²) in [5.41, 5.74) is 0.269. The molecule has 2 rings (SSSR count). The van der Waals surface area contributed by atoms with Gasteiger partial charge in [-0.25, -0.2) is 4.39 Å². The van der Waals surface area contributed by atoms with Crippen molar-refractivity contribution >= 4 is 0 Å². The zero-order chi connectivity index (χ0) is 14.2. The minimum atomic E-state index is -0.428. The lowest BCUT2D eigenvalue weighted by Gasteiger charge is -2.10. The predicted molar refractivity (Wildman–Crippen MR) is 74.1 cm³/mol. The van der Waals surface area contributed by atoms with Crippen molar-refractivity contribution < 1.29 is 19.0 Å². The first kappa shape index (κ1) is 14.8. The molecule has 0 aliphatic carbocycles. The molecule has 0 spiro atoms. The van der Waals surface area contributed by atoms with Gasteiger partial charge in [0.2, 0.25) is 0 Å². The fraction of sp³-hybridized carbons (Fsp3) is 0.500. The fourth-order valence-corrected chi connectivity index (χ4v) is 2.19. The Hall–Kier alpha value is -1.57. The summed E-state index contributed by atoms with van der Waals surface area (Å²) in [5.74, 6) is 5.04. The fourth-order valence-electron chi connectivity index (χ4n) is 2.19. The van der Waals surface area contributed by atoms with Gasteiger partial charge in [0, 0.05) is 12.7 Å². The Kier molecular flexibility index (Phi) is 5.85. The third kappa shape index (κ3) is 4.52. The Morgan fingerprint density at radius 1 is 1.45 bits per heavy atom. The van der Waals surface area contributed by atoms with Crippen molar-refractivity contribution in [2.45, 2.75) is 31.8 Å². The molecule has 1 heterocycles. The normalized spacial score (nSPS) is 17.6. The number of aliphatic hydroxyl groups is 1. The van der Waals surface area contributed by atoms with Crippen molar-refractivity contribution in [2.75, 3.05) is 19.8 Å². The average Bonchev–Trinajstić information content (AvgIpc) is 2.96. The topological polar surface area (TPSA) is 38.7 Å². The van der Waals surface area contributed by atoms with Gasteiger partial charge in [0.25, 0.3) is 0 Å². The van der Waals surface area contributed by atoms with Gasteiger partial charge in [-0.3, -0.25) is 0 Å². The zero-order valence-electron chi connectivity index (χ0n) is 11.4. The van der Waals surface area contributed by atoms with Crippen LogP contribution in [0, 0.1) is 17.7 Å². The molecule has 0 aromatic heterocycles. The summed E-state index contributed by atoms with van der Waals surface area (Å²) in [4.78, 5) is 0. The van der Waals surface area contributed by atoms with Gasteiger partial charge in [0.05, 0.1) is 18.3 Å². The lowest BCUT2D eigenvalue weighted by Crippen LogP contribution is -2.07. The number of rotatable bonds is 5. The van der Waals surface area contributed by atoms with Crippen LogP contribution in [0.1, 0.15) is 31.2 Å². The SMILES string of the molecule is OCC#Cc1ccc(OCCCC2CCCO2)cc1F. The molecule has 20 heavy (non-hydrogen) atoms. The van der Waals surface area contributed by atoms with E-state index in [0.717, 1.165) is 32.3 Å². The van der Waals surface area contributed by atoms with Crippen LogP contribution in [-0.4, -0.2) is 31.0 Å². The predicted octanol–water partition coefficient (Wildman–Crippen LogP) is 2.51. The molecule has 1 aliphatic heterocycles. The molecule has 1 unspecified atom stereocenters. The number of halogens is 1. The van der Waals surface area contributed by atoms with Crippen molar-refractivity contribution in [1.82, 2.24) is 0 Å². The number of hydrogen-bond acceptors (Lipinski definition) is 3. The van der Waals surface area contributed by atoms with Crippen molar-refractivity contribution in [3.63, 3.8) is 0 Å². The van der Waals surface area contributed by atoms with Crippen LogP contribution in [0.4, 0.5) is 4.39 Å². The Balaban J connectivity index is 1.76. The van der Waals surface area contributed by atoms with Gasteiger partial charge in [0.15, 0.2) is 0 Å². The van der Waals surface area contributed by atoms with Crippen LogP contribution in [-0.2, 0) is 4.74 Å². The molecule has 1 fully saturated rings. The molecule has 0 saturated carbocycles. The van der Waals surface area contributed by atoms with E-state index < -0.39 is 5.82 Å². The third-order valence-electron chi connectivity index (χ3n) is 3.21. The second-order valence-corrected chi connectivity index (χ2v) is 4.73. The summed E-state index contributed by atoms with van der Waals surface area (Å²) in [7, 11) is 0. The van der Waals surface area contributed by atoms with Gasteiger partial charge >= 0.3 is 0 Å². The molecule has 1 aliphatic rings. The highest BCUT2D eigenvalue weighted by Gasteiger charge is 2.14. The van der Waals surface area contributed by atoms with E-state index >= 15 is 0 Å². The van der Waals surface area contributed by atoms with E-state index in [0.29, 0.717) is 18.5 Å². The Bertz CT molecular complexity index is 484. The van der Waals surface area contributed by atoms with Crippen LogP contribution in [0.2, 0.25) is 0 Å². The van der Waals surface area contributed by atoms with Gasteiger partial charge in [-0.15, -0.1) is 0 Å². The molecule has 0 amide bonds. The first-order chi connectivity index (χ1) is 9.79. The molecule has 1 atom stereocenters. The van der Waals surface area contributed by atoms with Gasteiger partial charge in [-0.2, -0.15) is 0 Å². The summed E-state index contributed by atoms with van der Waals surface area (Å²) in [6, 6.07) is 4.58. The van der Waals surface area contributed by atoms with E-state index in [1.807, 2.05) is 0 Å². The van der Waals surface area contributed by atoms with Crippen LogP contribution in [0.5, 0.6) is 5.75 Å². The standard InChI is InChI=1S/C16H19FO3/c17-16-12-15(8-7-13(16)4-1-9-18)20-11-3-6-14-5-2-10-19-14/h7-8,12,14,18H,2-3,5-6,9-11H2. The van der Waals surface area contributed by atoms with Crippen molar-refractivity contribution in [3.8, 4) is 17.6 Å². The van der Waals surface area contributed by atoms with E-state index in [1.165, 1.54) is 6.07 Å². The molecule has 1 N–H and O–H groups in total. The number of benzene rings is 1. The second-order valence-electron chi connectivity index (χ2n) is 4.73. The second kappa shape index (κ2) is 7.88. The maximum atomic E-state index is 13.6. The highest BCUT2D eigenvalue weighted by molar-refractivity contribution is 5.39. The van der Waals surface area contributed by atoms with Crippen LogP contribution in [0.15, 0.2) is 18.2 Å². The molecule has 4 heteroatoms. The Labute approximate surface area is 118 Å². The van der Waals surface area contributed by atoms with Crippen LogP contribution in [0.3, 0.4) is 0 Å². The minimum Gasteiger partial charge on any atom is -0.493 e. The summed E-state index contributed by atoms with van der Waals surface area (Å²) < 4.78 is 24.7. The maximum Gasteiger partial charge on any atom is 0.142 e. The van der Waals surface area contributed by atoms with E-state index in [9.17, 15) is 4.39 Å². The number of ether oxygens (including phenoxy) is 2. The molecule has 108 valence electrons. The lowest BCUT2D eigenvalue weighted by atomic mass is 10.1. The van der Waals surface area contributed by atoms with Crippen molar-refractivity contribution in [2.24, 2.45) is 0 Å². The largest absolute Gasteiger partial charge is 0.493 e. The van der Waals surface area contributed by atoms with Crippen LogP contribution < -0.4 is 4.74 Å². The van der Waals surface area contributed by atoms with E-state index in [-0.39, 0.29) is 12.2 Å². The first-order valence-corrected chi connectivity index (χ1v) is 6.93. The lowest BCUT2D eigenvalue weighted by molar-refractivity contribution is 0.0981. The zero-order valence-corrected chi connectivity index (χ0v) is 11.4. The Morgan fingerprint density at radius 2 is 2.35 bits per heavy atom. The molecule has 1 saturated heterocycles. The summed E-state index contributed by atoms with van der Waals surface area (Å²) in [5, 5.41) is 8.58. The third-order valence-corrected chi connectivity index (χ3v) is 3.21. The minimum absolute atomic E-state index is 0.269. The van der Waals surface area contributed by atoms with Gasteiger partial charge in [-0.05, 0) is 37.8 Å². The van der Waals surface area contributed by atoms with E-state index in [4.69, 9.17) is 14.6 Å². The van der Waals surface area contributed by atoms with Gasteiger partial charge < -0.3 is 14.6 Å². The number of aliphatic hydroxyl groups excluding tert-OH is 1. The highest BCUT2D eigenvalue weighted by atomic mass is 19.1. The average molecular weight is 278 g/mol. The maximum absolute atomic E-state index is 13.6.